The summed E-state index contributed by atoms with van der Waals surface area (Å²) in [5.41, 5.74) is 0.954. The summed E-state index contributed by atoms with van der Waals surface area (Å²) in [6, 6.07) is 27.8. The van der Waals surface area contributed by atoms with Crippen molar-refractivity contribution < 1.29 is 47.8 Å². The average Bonchev–Trinajstić information content (AvgIpc) is 3.21. The van der Waals surface area contributed by atoms with Gasteiger partial charge in [-0.25, -0.2) is 0 Å². The zero-order valence-corrected chi connectivity index (χ0v) is 34.8. The molecule has 0 spiro atoms. The molecule has 0 amide bonds. The lowest BCUT2D eigenvalue weighted by Gasteiger charge is -2.49. The van der Waals surface area contributed by atoms with Crippen LogP contribution in [-0.4, -0.2) is 89.3 Å². The summed E-state index contributed by atoms with van der Waals surface area (Å²) < 4.78 is 50.9. The van der Waals surface area contributed by atoms with Crippen molar-refractivity contribution in [1.29, 1.82) is 0 Å². The number of rotatable bonds is 19. The number of methoxy groups -OCH3 is 3. The van der Waals surface area contributed by atoms with E-state index in [0.29, 0.717) is 31.6 Å². The quantitative estimate of drug-likeness (QED) is 0.0973. The molecule has 2 aliphatic rings. The fourth-order valence-electron chi connectivity index (χ4n) is 7.86. The zero-order valence-electron chi connectivity index (χ0n) is 33.8. The highest BCUT2D eigenvalue weighted by Crippen LogP contribution is 2.43. The van der Waals surface area contributed by atoms with Gasteiger partial charge < -0.3 is 47.8 Å². The SMILES string of the molecule is CCCCOC1C(OCc2ccc(OC)cc2)[C@@H](OC)OC(CCC(C)(C)[Si](O)(c2ccccc2)c2ccccc2)[C@H]1O[C@@H]1OC(CC)=C(O)C(OC)C1C. The van der Waals surface area contributed by atoms with Gasteiger partial charge in [0.15, 0.2) is 12.0 Å². The molecule has 2 N–H and O–H groups in total. The summed E-state index contributed by atoms with van der Waals surface area (Å²) in [6.45, 7) is 11.1. The van der Waals surface area contributed by atoms with Gasteiger partial charge in [0.25, 0.3) is 8.32 Å². The first kappa shape index (κ1) is 42.9. The van der Waals surface area contributed by atoms with Crippen molar-refractivity contribution in [3.8, 4) is 5.75 Å². The second-order valence-corrected chi connectivity index (χ2v) is 19.1. The third-order valence-corrected chi connectivity index (χ3v) is 15.8. The van der Waals surface area contributed by atoms with Crippen LogP contribution >= 0.6 is 0 Å². The molecule has 8 atom stereocenters. The van der Waals surface area contributed by atoms with E-state index in [1.165, 1.54) is 0 Å². The summed E-state index contributed by atoms with van der Waals surface area (Å²) in [4.78, 5) is 13.0. The van der Waals surface area contributed by atoms with Crippen molar-refractivity contribution in [3.63, 3.8) is 0 Å². The molecule has 5 unspecified atom stereocenters. The number of unbranched alkanes of at least 4 members (excludes halogenated alkanes) is 1. The number of benzene rings is 3. The largest absolute Gasteiger partial charge is 0.506 e. The van der Waals surface area contributed by atoms with Gasteiger partial charge in [-0.1, -0.05) is 114 Å². The maximum atomic E-state index is 13.0. The highest BCUT2D eigenvalue weighted by molar-refractivity contribution is 6.98. The van der Waals surface area contributed by atoms with Crippen LogP contribution in [-0.2, 0) is 39.8 Å². The Morgan fingerprint density at radius 1 is 0.782 bits per heavy atom. The first-order chi connectivity index (χ1) is 26.5. The molecular formula is C44H62O10Si. The van der Waals surface area contributed by atoms with Crippen LogP contribution in [0.5, 0.6) is 5.75 Å². The Morgan fingerprint density at radius 2 is 1.42 bits per heavy atom. The molecule has 11 heteroatoms. The van der Waals surface area contributed by atoms with Gasteiger partial charge in [0.1, 0.15) is 35.9 Å². The number of hydrogen-bond acceptors (Lipinski definition) is 10. The Balaban J connectivity index is 1.52. The number of ether oxygens (including phenoxy) is 8. The minimum atomic E-state index is -3.33. The third-order valence-electron chi connectivity index (χ3n) is 11.2. The van der Waals surface area contributed by atoms with Gasteiger partial charge in [-0.3, -0.25) is 0 Å². The Morgan fingerprint density at radius 3 is 1.96 bits per heavy atom. The van der Waals surface area contributed by atoms with Gasteiger partial charge in [0, 0.05) is 27.2 Å². The van der Waals surface area contributed by atoms with E-state index in [4.69, 9.17) is 37.9 Å². The zero-order chi connectivity index (χ0) is 39.6. The minimum Gasteiger partial charge on any atom is -0.506 e. The molecule has 3 aromatic rings. The summed E-state index contributed by atoms with van der Waals surface area (Å²) in [6.07, 6.45) is -1.28. The van der Waals surface area contributed by atoms with E-state index < -0.39 is 56.5 Å². The fourth-order valence-corrected chi connectivity index (χ4v) is 11.6. The Labute approximate surface area is 328 Å². The molecule has 0 saturated carbocycles. The molecule has 0 aromatic heterocycles. The minimum absolute atomic E-state index is 0.0810. The average molecular weight is 779 g/mol. The van der Waals surface area contributed by atoms with E-state index in [-0.39, 0.29) is 18.3 Å². The summed E-state index contributed by atoms with van der Waals surface area (Å²) >= 11 is 0. The van der Waals surface area contributed by atoms with Crippen LogP contribution in [0.1, 0.15) is 72.3 Å². The van der Waals surface area contributed by atoms with Crippen LogP contribution in [0.15, 0.2) is 96.4 Å². The van der Waals surface area contributed by atoms with Crippen molar-refractivity contribution in [2.45, 2.75) is 121 Å². The Kier molecular flexibility index (Phi) is 15.4. The van der Waals surface area contributed by atoms with Crippen molar-refractivity contribution in [1.82, 2.24) is 0 Å². The van der Waals surface area contributed by atoms with Crippen molar-refractivity contribution in [2.24, 2.45) is 5.92 Å². The smallest absolute Gasteiger partial charge is 0.258 e. The molecule has 302 valence electrons. The number of aliphatic hydroxyl groups excluding tert-OH is 1. The molecule has 5 rings (SSSR count). The van der Waals surface area contributed by atoms with Crippen LogP contribution in [0.3, 0.4) is 0 Å². The molecule has 3 aromatic carbocycles. The maximum Gasteiger partial charge on any atom is 0.258 e. The number of allylic oxidation sites excluding steroid dienone is 1. The second-order valence-electron chi connectivity index (χ2n) is 15.2. The van der Waals surface area contributed by atoms with Gasteiger partial charge in [-0.15, -0.1) is 0 Å². The van der Waals surface area contributed by atoms with Gasteiger partial charge >= 0.3 is 0 Å². The maximum absolute atomic E-state index is 13.0. The van der Waals surface area contributed by atoms with Gasteiger partial charge in [-0.2, -0.15) is 0 Å². The van der Waals surface area contributed by atoms with E-state index in [2.05, 4.69) is 20.8 Å². The lowest BCUT2D eigenvalue weighted by atomic mass is 9.91. The molecule has 0 aliphatic carbocycles. The fraction of sp³-hybridized carbons (Fsp3) is 0.545. The van der Waals surface area contributed by atoms with Gasteiger partial charge in [0.2, 0.25) is 6.29 Å². The molecule has 1 saturated heterocycles. The van der Waals surface area contributed by atoms with Crippen molar-refractivity contribution in [2.75, 3.05) is 27.9 Å². The van der Waals surface area contributed by atoms with Crippen LogP contribution in [0, 0.1) is 5.92 Å². The summed E-state index contributed by atoms with van der Waals surface area (Å²) in [5.74, 6) is 0.909. The lowest BCUT2D eigenvalue weighted by Crippen LogP contribution is -2.66. The molecule has 10 nitrogen and oxygen atoms in total. The molecular weight excluding hydrogens is 717 g/mol. The van der Waals surface area contributed by atoms with E-state index in [9.17, 15) is 9.90 Å². The molecule has 1 fully saturated rings. The first-order valence-electron chi connectivity index (χ1n) is 19.7. The predicted molar refractivity (Wildman–Crippen MR) is 215 cm³/mol. The Hall–Kier alpha value is -3.26. The van der Waals surface area contributed by atoms with Gasteiger partial charge in [0.05, 0.1) is 25.7 Å². The molecule has 0 radical (unpaired) electrons. The number of hydrogen-bond donors (Lipinski definition) is 2. The predicted octanol–water partition coefficient (Wildman–Crippen LogP) is 7.02. The topological polar surface area (TPSA) is 114 Å². The van der Waals surface area contributed by atoms with E-state index in [1.54, 1.807) is 21.3 Å². The van der Waals surface area contributed by atoms with Crippen LogP contribution < -0.4 is 15.1 Å². The molecule has 2 heterocycles. The summed E-state index contributed by atoms with van der Waals surface area (Å²) in [5, 5.41) is 12.3. The Bertz CT molecular complexity index is 1580. The standard InChI is InChI=1S/C44H62O10Si/c1-9-11-28-50-40-39(54-42-30(3)38(48-7)37(45)35(10-2)52-42)36(53-43(49-8)41(40)51-29-31-22-24-32(47-6)25-23-31)26-27-44(4,5)55(46,33-18-14-12-15-19-33)34-20-16-13-17-21-34/h12-25,30,36,38-43,45-46H,9-11,26-29H2,1-8H3/t30?,36?,38?,39-,40?,41?,42+,43+/m1/s1. The monoisotopic (exact) mass is 778 g/mol. The highest BCUT2D eigenvalue weighted by atomic mass is 28.4. The van der Waals surface area contributed by atoms with E-state index in [0.717, 1.165) is 34.5 Å². The van der Waals surface area contributed by atoms with Gasteiger partial charge in [-0.05, 0) is 52.4 Å². The van der Waals surface area contributed by atoms with Crippen molar-refractivity contribution in [3.05, 3.63) is 102 Å². The molecule has 55 heavy (non-hydrogen) atoms. The van der Waals surface area contributed by atoms with Crippen molar-refractivity contribution >= 4 is 18.7 Å². The summed E-state index contributed by atoms with van der Waals surface area (Å²) in [7, 11) is 1.51. The lowest BCUT2D eigenvalue weighted by molar-refractivity contribution is -0.339. The van der Waals surface area contributed by atoms with E-state index >= 15 is 0 Å². The van der Waals surface area contributed by atoms with Crippen LogP contribution in [0.25, 0.3) is 0 Å². The molecule has 2 aliphatic heterocycles. The number of aliphatic hydroxyl groups is 1. The van der Waals surface area contributed by atoms with E-state index in [1.807, 2.05) is 98.8 Å². The third kappa shape index (κ3) is 9.65. The molecule has 0 bridgehead atoms. The van der Waals surface area contributed by atoms with Crippen LogP contribution in [0.2, 0.25) is 5.04 Å². The first-order valence-corrected chi connectivity index (χ1v) is 21.6. The normalized spacial score (nSPS) is 26.1. The highest BCUT2D eigenvalue weighted by Gasteiger charge is 2.54. The van der Waals surface area contributed by atoms with Crippen LogP contribution in [0.4, 0.5) is 0 Å². The second kappa shape index (κ2) is 19.7.